The Morgan fingerprint density at radius 1 is 1.47 bits per heavy atom. The molecular formula is C11H16ClNOS. The first-order valence-electron chi connectivity index (χ1n) is 5.01. The molecule has 2 atom stereocenters. The zero-order chi connectivity index (χ0) is 11.3. The summed E-state index contributed by atoms with van der Waals surface area (Å²) in [5.41, 5.74) is 0. The van der Waals surface area contributed by atoms with E-state index in [1.807, 2.05) is 32.0 Å². The molecule has 0 radical (unpaired) electrons. The molecule has 0 aliphatic carbocycles. The molecule has 1 N–H and O–H groups in total. The van der Waals surface area contributed by atoms with E-state index in [-0.39, 0.29) is 6.04 Å². The zero-order valence-electron chi connectivity index (χ0n) is 9.00. The predicted molar refractivity (Wildman–Crippen MR) is 65.9 cm³/mol. The summed E-state index contributed by atoms with van der Waals surface area (Å²) in [6.45, 7) is 4.95. The fraction of sp³-hybridized carbons (Fsp3) is 0.455. The van der Waals surface area contributed by atoms with E-state index in [2.05, 4.69) is 5.32 Å². The van der Waals surface area contributed by atoms with Crippen LogP contribution in [0.3, 0.4) is 0 Å². The maximum absolute atomic E-state index is 11.9. The van der Waals surface area contributed by atoms with Gasteiger partial charge >= 0.3 is 0 Å². The number of hydrogen-bond acceptors (Lipinski definition) is 2. The Labute approximate surface area is 98.5 Å². The van der Waals surface area contributed by atoms with Gasteiger partial charge in [0.2, 0.25) is 0 Å². The molecule has 4 heteroatoms. The molecule has 0 saturated carbocycles. The molecule has 0 bridgehead atoms. The van der Waals surface area contributed by atoms with Crippen molar-refractivity contribution < 1.29 is 4.21 Å². The van der Waals surface area contributed by atoms with Crippen LogP contribution in [0.2, 0.25) is 5.02 Å². The average Bonchev–Trinajstić information content (AvgIpc) is 2.18. The van der Waals surface area contributed by atoms with E-state index in [4.69, 9.17) is 11.6 Å². The van der Waals surface area contributed by atoms with Crippen molar-refractivity contribution in [1.29, 1.82) is 0 Å². The molecule has 15 heavy (non-hydrogen) atoms. The van der Waals surface area contributed by atoms with Crippen molar-refractivity contribution in [1.82, 2.24) is 5.32 Å². The smallest absolute Gasteiger partial charge is 0.0574 e. The maximum atomic E-state index is 11.9. The summed E-state index contributed by atoms with van der Waals surface area (Å²) in [7, 11) is -1.02. The molecule has 0 aliphatic heterocycles. The summed E-state index contributed by atoms with van der Waals surface area (Å²) in [4.78, 5) is 0.726. The second-order valence-corrected chi connectivity index (χ2v) is 5.27. The van der Waals surface area contributed by atoms with Gasteiger partial charge in [0.05, 0.1) is 20.7 Å². The fourth-order valence-electron chi connectivity index (χ4n) is 1.35. The van der Waals surface area contributed by atoms with E-state index >= 15 is 0 Å². The first-order valence-corrected chi connectivity index (χ1v) is 6.71. The van der Waals surface area contributed by atoms with Gasteiger partial charge in [0.1, 0.15) is 0 Å². The number of benzene rings is 1. The van der Waals surface area contributed by atoms with Crippen LogP contribution in [-0.2, 0) is 10.8 Å². The Hall–Kier alpha value is -0.380. The van der Waals surface area contributed by atoms with Crippen LogP contribution in [-0.4, -0.2) is 22.5 Å². The van der Waals surface area contributed by atoms with Crippen LogP contribution in [0.25, 0.3) is 0 Å². The van der Waals surface area contributed by atoms with Gasteiger partial charge in [-0.05, 0) is 25.6 Å². The van der Waals surface area contributed by atoms with Gasteiger partial charge in [0.25, 0.3) is 0 Å². The molecule has 84 valence electrons. The quantitative estimate of drug-likeness (QED) is 0.864. The third-order valence-electron chi connectivity index (χ3n) is 2.04. The molecule has 0 aliphatic rings. The van der Waals surface area contributed by atoms with Gasteiger partial charge in [0, 0.05) is 11.8 Å². The lowest BCUT2D eigenvalue weighted by Crippen LogP contribution is -2.30. The Bertz CT molecular complexity index is 343. The number of nitrogens with one attached hydrogen (secondary N) is 1. The van der Waals surface area contributed by atoms with Crippen molar-refractivity contribution in [3.63, 3.8) is 0 Å². The highest BCUT2D eigenvalue weighted by atomic mass is 35.5. The van der Waals surface area contributed by atoms with Gasteiger partial charge < -0.3 is 5.32 Å². The van der Waals surface area contributed by atoms with Crippen LogP contribution in [0.4, 0.5) is 0 Å². The van der Waals surface area contributed by atoms with E-state index in [1.165, 1.54) is 0 Å². The summed E-state index contributed by atoms with van der Waals surface area (Å²) < 4.78 is 11.9. The van der Waals surface area contributed by atoms with E-state index in [0.717, 1.165) is 11.4 Å². The number of halogens is 1. The molecule has 1 aromatic rings. The van der Waals surface area contributed by atoms with Crippen molar-refractivity contribution in [2.45, 2.75) is 24.8 Å². The highest BCUT2D eigenvalue weighted by Gasteiger charge is 2.11. The van der Waals surface area contributed by atoms with Crippen LogP contribution in [0.1, 0.15) is 13.8 Å². The van der Waals surface area contributed by atoms with Crippen LogP contribution in [0.5, 0.6) is 0 Å². The van der Waals surface area contributed by atoms with Crippen molar-refractivity contribution in [2.75, 3.05) is 12.3 Å². The molecule has 2 unspecified atom stereocenters. The summed E-state index contributed by atoms with van der Waals surface area (Å²) in [5, 5.41) is 3.81. The Morgan fingerprint density at radius 3 is 2.73 bits per heavy atom. The van der Waals surface area contributed by atoms with Crippen LogP contribution in [0.15, 0.2) is 29.2 Å². The van der Waals surface area contributed by atoms with Crippen LogP contribution in [0, 0.1) is 0 Å². The minimum absolute atomic E-state index is 0.243. The molecule has 0 saturated heterocycles. The lowest BCUT2D eigenvalue weighted by molar-refractivity contribution is 0.607. The summed E-state index contributed by atoms with van der Waals surface area (Å²) in [5.74, 6) is 0.595. The second kappa shape index (κ2) is 6.26. The average molecular weight is 246 g/mol. The first-order chi connectivity index (χ1) is 7.15. The standard InChI is InChI=1S/C11H16ClNOS/c1-3-13-9(2)8-15(14)11-7-5-4-6-10(11)12/h4-7,9,13H,3,8H2,1-2H3. The minimum Gasteiger partial charge on any atom is -0.314 e. The molecule has 2 nitrogen and oxygen atoms in total. The summed E-state index contributed by atoms with van der Waals surface area (Å²) in [6.07, 6.45) is 0. The molecular weight excluding hydrogens is 230 g/mol. The second-order valence-electron chi connectivity index (χ2n) is 3.40. The predicted octanol–water partition coefficient (Wildman–Crippen LogP) is 2.45. The van der Waals surface area contributed by atoms with Gasteiger partial charge in [-0.1, -0.05) is 30.7 Å². The normalized spacial score (nSPS) is 14.9. The van der Waals surface area contributed by atoms with Gasteiger partial charge in [-0.15, -0.1) is 0 Å². The highest BCUT2D eigenvalue weighted by molar-refractivity contribution is 7.85. The number of hydrogen-bond donors (Lipinski definition) is 1. The third kappa shape index (κ3) is 3.93. The van der Waals surface area contributed by atoms with E-state index < -0.39 is 10.8 Å². The van der Waals surface area contributed by atoms with Crippen molar-refractivity contribution in [3.8, 4) is 0 Å². The third-order valence-corrected chi connectivity index (χ3v) is 4.13. The topological polar surface area (TPSA) is 29.1 Å². The Morgan fingerprint density at radius 2 is 2.13 bits per heavy atom. The van der Waals surface area contributed by atoms with Crippen LogP contribution < -0.4 is 5.32 Å². The van der Waals surface area contributed by atoms with Crippen LogP contribution >= 0.6 is 11.6 Å². The lowest BCUT2D eigenvalue weighted by Gasteiger charge is -2.12. The molecule has 1 aromatic carbocycles. The molecule has 0 amide bonds. The van der Waals surface area contributed by atoms with Gasteiger partial charge in [0.15, 0.2) is 0 Å². The lowest BCUT2D eigenvalue weighted by atomic mass is 10.4. The molecule has 0 fully saturated rings. The molecule has 0 spiro atoms. The van der Waals surface area contributed by atoms with Crippen molar-refractivity contribution in [3.05, 3.63) is 29.3 Å². The van der Waals surface area contributed by atoms with Crippen molar-refractivity contribution in [2.24, 2.45) is 0 Å². The molecule has 1 rings (SSSR count). The van der Waals surface area contributed by atoms with Gasteiger partial charge in [-0.3, -0.25) is 4.21 Å². The maximum Gasteiger partial charge on any atom is 0.0574 e. The highest BCUT2D eigenvalue weighted by Crippen LogP contribution is 2.19. The molecule has 0 heterocycles. The molecule has 0 aromatic heterocycles. The Balaban J connectivity index is 2.65. The van der Waals surface area contributed by atoms with Gasteiger partial charge in [-0.25, -0.2) is 0 Å². The Kier molecular flexibility index (Phi) is 5.29. The minimum atomic E-state index is -1.02. The van der Waals surface area contributed by atoms with E-state index in [1.54, 1.807) is 6.07 Å². The first kappa shape index (κ1) is 12.7. The SMILES string of the molecule is CCNC(C)CS(=O)c1ccccc1Cl. The van der Waals surface area contributed by atoms with Crippen molar-refractivity contribution >= 4 is 22.4 Å². The zero-order valence-corrected chi connectivity index (χ0v) is 10.6. The largest absolute Gasteiger partial charge is 0.314 e. The summed E-state index contributed by atoms with van der Waals surface area (Å²) >= 11 is 5.97. The number of rotatable bonds is 5. The monoisotopic (exact) mass is 245 g/mol. The van der Waals surface area contributed by atoms with Gasteiger partial charge in [-0.2, -0.15) is 0 Å². The fourth-order valence-corrected chi connectivity index (χ4v) is 3.01. The van der Waals surface area contributed by atoms with E-state index in [0.29, 0.717) is 10.8 Å². The summed E-state index contributed by atoms with van der Waals surface area (Å²) in [6, 6.07) is 7.53. The van der Waals surface area contributed by atoms with E-state index in [9.17, 15) is 4.21 Å².